The highest BCUT2D eigenvalue weighted by molar-refractivity contribution is 5.87. The number of rotatable bonds is 6. The summed E-state index contributed by atoms with van der Waals surface area (Å²) in [6.45, 7) is 1.24. The van der Waals surface area contributed by atoms with Gasteiger partial charge < -0.3 is 9.84 Å². The van der Waals surface area contributed by atoms with Gasteiger partial charge in [-0.2, -0.15) is 5.10 Å². The van der Waals surface area contributed by atoms with Gasteiger partial charge in [-0.25, -0.2) is 4.79 Å². The normalized spacial score (nSPS) is 12.9. The Labute approximate surface area is 163 Å². The molecule has 0 atom stereocenters. The molecule has 5 nitrogen and oxygen atoms in total. The van der Waals surface area contributed by atoms with Gasteiger partial charge in [0, 0.05) is 19.2 Å². The van der Waals surface area contributed by atoms with E-state index < -0.39 is 5.97 Å². The number of carboxylic acid groups (broad SMARTS) is 1. The molecule has 5 heteroatoms. The first-order valence-corrected chi connectivity index (χ1v) is 9.14. The lowest BCUT2D eigenvalue weighted by Gasteiger charge is -2.15. The van der Waals surface area contributed by atoms with Crippen molar-refractivity contribution < 1.29 is 14.6 Å². The average Bonchev–Trinajstić information content (AvgIpc) is 3.28. The summed E-state index contributed by atoms with van der Waals surface area (Å²) in [6.07, 6.45) is 2.91. The zero-order chi connectivity index (χ0) is 19.3. The van der Waals surface area contributed by atoms with Crippen molar-refractivity contribution >= 4 is 17.9 Å². The van der Waals surface area contributed by atoms with E-state index in [-0.39, 0.29) is 5.56 Å². The van der Waals surface area contributed by atoms with Crippen LogP contribution in [0.2, 0.25) is 0 Å². The molecule has 0 fully saturated rings. The molecule has 0 bridgehead atoms. The summed E-state index contributed by atoms with van der Waals surface area (Å²) >= 11 is 0. The van der Waals surface area contributed by atoms with Crippen molar-refractivity contribution in [2.24, 2.45) is 5.10 Å². The second-order valence-corrected chi connectivity index (χ2v) is 6.58. The largest absolute Gasteiger partial charge is 0.489 e. The molecule has 1 heterocycles. The number of nitrogens with zero attached hydrogens (tertiary/aromatic N) is 2. The summed E-state index contributed by atoms with van der Waals surface area (Å²) < 4.78 is 5.80. The topological polar surface area (TPSA) is 62.1 Å². The number of benzene rings is 3. The van der Waals surface area contributed by atoms with Crippen LogP contribution in [0.25, 0.3) is 11.1 Å². The third kappa shape index (κ3) is 4.04. The summed E-state index contributed by atoms with van der Waals surface area (Å²) in [5.41, 5.74) is 4.40. The van der Waals surface area contributed by atoms with Gasteiger partial charge in [-0.15, -0.1) is 0 Å². The summed E-state index contributed by atoms with van der Waals surface area (Å²) in [5, 5.41) is 15.5. The molecule has 1 N–H and O–H groups in total. The average molecular weight is 372 g/mol. The van der Waals surface area contributed by atoms with Crippen molar-refractivity contribution in [2.75, 3.05) is 11.6 Å². The van der Waals surface area contributed by atoms with E-state index in [2.05, 4.69) is 23.3 Å². The molecule has 1 aliphatic heterocycles. The summed E-state index contributed by atoms with van der Waals surface area (Å²) in [6, 6.07) is 23.0. The fourth-order valence-electron chi connectivity index (χ4n) is 3.14. The van der Waals surface area contributed by atoms with Crippen LogP contribution in [-0.4, -0.2) is 23.8 Å². The van der Waals surface area contributed by atoms with Gasteiger partial charge in [-0.3, -0.25) is 5.01 Å². The highest BCUT2D eigenvalue weighted by Crippen LogP contribution is 2.27. The number of carboxylic acids is 1. The third-order valence-corrected chi connectivity index (χ3v) is 4.60. The lowest BCUT2D eigenvalue weighted by molar-refractivity contribution is 0.0696. The number of aromatic carboxylic acids is 1. The molecule has 28 heavy (non-hydrogen) atoms. The molecule has 0 aliphatic carbocycles. The van der Waals surface area contributed by atoms with Crippen molar-refractivity contribution in [3.8, 4) is 16.9 Å². The lowest BCUT2D eigenvalue weighted by Crippen LogP contribution is -2.11. The van der Waals surface area contributed by atoms with E-state index in [1.807, 2.05) is 47.6 Å². The standard InChI is InChI=1S/C23H20N2O3/c26-23(27)20-6-1-4-17(14-20)16-28-22-10-8-18(9-11-22)19-5-2-7-21(15-19)25-13-3-12-24-25/h1-2,4-12,14-15H,3,13,16H2,(H,26,27). The van der Waals surface area contributed by atoms with E-state index in [0.717, 1.165) is 41.1 Å². The first kappa shape index (κ1) is 17.8. The summed E-state index contributed by atoms with van der Waals surface area (Å²) in [7, 11) is 0. The Bertz CT molecular complexity index is 1010. The minimum atomic E-state index is -0.937. The first-order chi connectivity index (χ1) is 13.7. The Morgan fingerprint density at radius 3 is 2.57 bits per heavy atom. The van der Waals surface area contributed by atoms with E-state index in [0.29, 0.717) is 6.61 Å². The van der Waals surface area contributed by atoms with Crippen LogP contribution in [0.5, 0.6) is 5.75 Å². The maximum absolute atomic E-state index is 11.1. The van der Waals surface area contributed by atoms with Crippen LogP contribution in [0, 0.1) is 0 Å². The van der Waals surface area contributed by atoms with Crippen LogP contribution in [-0.2, 0) is 6.61 Å². The number of anilines is 1. The fourth-order valence-corrected chi connectivity index (χ4v) is 3.14. The molecule has 0 unspecified atom stereocenters. The van der Waals surface area contributed by atoms with Crippen LogP contribution in [0.15, 0.2) is 77.9 Å². The van der Waals surface area contributed by atoms with Gasteiger partial charge in [-0.05, 0) is 53.1 Å². The predicted molar refractivity (Wildman–Crippen MR) is 110 cm³/mol. The monoisotopic (exact) mass is 372 g/mol. The number of hydrazone groups is 1. The Kier molecular flexibility index (Phi) is 5.06. The van der Waals surface area contributed by atoms with Crippen LogP contribution < -0.4 is 9.75 Å². The zero-order valence-electron chi connectivity index (χ0n) is 15.3. The third-order valence-electron chi connectivity index (χ3n) is 4.60. The van der Waals surface area contributed by atoms with E-state index in [9.17, 15) is 4.79 Å². The van der Waals surface area contributed by atoms with Crippen molar-refractivity contribution in [3.05, 3.63) is 83.9 Å². The molecule has 0 amide bonds. The van der Waals surface area contributed by atoms with Gasteiger partial charge in [0.1, 0.15) is 12.4 Å². The first-order valence-electron chi connectivity index (χ1n) is 9.14. The summed E-state index contributed by atoms with van der Waals surface area (Å²) in [5.74, 6) is -0.196. The second-order valence-electron chi connectivity index (χ2n) is 6.58. The lowest BCUT2D eigenvalue weighted by atomic mass is 10.0. The van der Waals surface area contributed by atoms with E-state index in [1.165, 1.54) is 0 Å². The van der Waals surface area contributed by atoms with E-state index in [4.69, 9.17) is 9.84 Å². The quantitative estimate of drug-likeness (QED) is 0.673. The Morgan fingerprint density at radius 1 is 1.00 bits per heavy atom. The molecule has 0 spiro atoms. The molecule has 0 radical (unpaired) electrons. The molecule has 140 valence electrons. The number of ether oxygens (including phenoxy) is 1. The van der Waals surface area contributed by atoms with Gasteiger partial charge >= 0.3 is 5.97 Å². The van der Waals surface area contributed by atoms with Gasteiger partial charge in [0.25, 0.3) is 0 Å². The minimum Gasteiger partial charge on any atom is -0.489 e. The molecule has 3 aromatic carbocycles. The molecule has 4 rings (SSSR count). The SMILES string of the molecule is O=C(O)c1cccc(COc2ccc(-c3cccc(N4CCC=N4)c3)cc2)c1. The Hall–Kier alpha value is -3.60. The van der Waals surface area contributed by atoms with Crippen molar-refractivity contribution in [1.82, 2.24) is 0 Å². The molecule has 0 aromatic heterocycles. The Balaban J connectivity index is 1.44. The number of hydrogen-bond donors (Lipinski definition) is 1. The smallest absolute Gasteiger partial charge is 0.335 e. The molecule has 1 aliphatic rings. The van der Waals surface area contributed by atoms with E-state index in [1.54, 1.807) is 18.2 Å². The fraction of sp³-hybridized carbons (Fsp3) is 0.130. The van der Waals surface area contributed by atoms with Gasteiger partial charge in [0.15, 0.2) is 0 Å². The number of carbonyl (C=O) groups is 1. The molecule has 3 aromatic rings. The highest BCUT2D eigenvalue weighted by atomic mass is 16.5. The van der Waals surface area contributed by atoms with Crippen molar-refractivity contribution in [1.29, 1.82) is 0 Å². The maximum atomic E-state index is 11.1. The molecular weight excluding hydrogens is 352 g/mol. The maximum Gasteiger partial charge on any atom is 0.335 e. The second kappa shape index (κ2) is 7.96. The van der Waals surface area contributed by atoms with Gasteiger partial charge in [0.2, 0.25) is 0 Å². The van der Waals surface area contributed by atoms with Crippen LogP contribution in [0.4, 0.5) is 5.69 Å². The zero-order valence-corrected chi connectivity index (χ0v) is 15.3. The van der Waals surface area contributed by atoms with Crippen LogP contribution in [0.3, 0.4) is 0 Å². The number of hydrogen-bond acceptors (Lipinski definition) is 4. The molecule has 0 saturated carbocycles. The van der Waals surface area contributed by atoms with Crippen LogP contribution >= 0.6 is 0 Å². The van der Waals surface area contributed by atoms with E-state index >= 15 is 0 Å². The van der Waals surface area contributed by atoms with Gasteiger partial charge in [0.05, 0.1) is 11.3 Å². The van der Waals surface area contributed by atoms with Crippen molar-refractivity contribution in [3.63, 3.8) is 0 Å². The predicted octanol–water partition coefficient (Wildman–Crippen LogP) is 4.83. The minimum absolute atomic E-state index is 0.263. The van der Waals surface area contributed by atoms with Gasteiger partial charge in [-0.1, -0.05) is 36.4 Å². The Morgan fingerprint density at radius 2 is 1.82 bits per heavy atom. The van der Waals surface area contributed by atoms with Crippen LogP contribution in [0.1, 0.15) is 22.3 Å². The highest BCUT2D eigenvalue weighted by Gasteiger charge is 2.09. The molecule has 0 saturated heterocycles. The van der Waals surface area contributed by atoms with Crippen molar-refractivity contribution in [2.45, 2.75) is 13.0 Å². The molecular formula is C23H20N2O3. The summed E-state index contributed by atoms with van der Waals surface area (Å²) in [4.78, 5) is 11.1.